The number of hydrogen-bond donors (Lipinski definition) is 3. The van der Waals surface area contributed by atoms with Crippen molar-refractivity contribution in [3.8, 4) is 0 Å². The molecule has 1 aromatic carbocycles. The smallest absolute Gasteiger partial charge is 0.226 e. The van der Waals surface area contributed by atoms with E-state index in [0.717, 1.165) is 5.56 Å². The Morgan fingerprint density at radius 2 is 2.00 bits per heavy atom. The molecular weight excluding hydrogens is 252 g/mol. The summed E-state index contributed by atoms with van der Waals surface area (Å²) in [4.78, 5) is 10.2. The second-order valence-electron chi connectivity index (χ2n) is 4.26. The van der Waals surface area contributed by atoms with Gasteiger partial charge in [0.25, 0.3) is 0 Å². The predicted octanol–water partition coefficient (Wildman–Crippen LogP) is 1.85. The van der Waals surface area contributed by atoms with Crippen LogP contribution < -0.4 is 15.5 Å². The van der Waals surface area contributed by atoms with Gasteiger partial charge in [0.05, 0.1) is 6.34 Å². The highest BCUT2D eigenvalue weighted by Crippen LogP contribution is 2.15. The monoisotopic (exact) mass is 270 g/mol. The second-order valence-corrected chi connectivity index (χ2v) is 4.26. The van der Waals surface area contributed by atoms with Gasteiger partial charge in [-0.15, -0.1) is 0 Å². The lowest BCUT2D eigenvalue weighted by Gasteiger charge is -2.19. The molecule has 1 heterocycles. The van der Waals surface area contributed by atoms with Crippen LogP contribution in [-0.2, 0) is 0 Å². The molecule has 6 heteroatoms. The standard InChI is InChI=1S/C14H18N6/c1-16-13(11-6-4-3-5-7-11)19-14-17-9-8-12(18-14)20(2)10-15/h3-10,13,15-16H,1-2H3,(H,17,18,19). The maximum atomic E-state index is 7.24. The van der Waals surface area contributed by atoms with E-state index >= 15 is 0 Å². The van der Waals surface area contributed by atoms with Gasteiger partial charge >= 0.3 is 0 Å². The van der Waals surface area contributed by atoms with E-state index in [4.69, 9.17) is 5.41 Å². The van der Waals surface area contributed by atoms with Crippen molar-refractivity contribution in [3.05, 3.63) is 48.2 Å². The van der Waals surface area contributed by atoms with Crippen LogP contribution in [0.15, 0.2) is 42.6 Å². The Labute approximate surface area is 118 Å². The highest BCUT2D eigenvalue weighted by molar-refractivity contribution is 5.74. The van der Waals surface area contributed by atoms with Crippen molar-refractivity contribution in [2.75, 3.05) is 24.3 Å². The first kappa shape index (κ1) is 14.0. The number of nitrogens with zero attached hydrogens (tertiary/aromatic N) is 3. The normalized spacial score (nSPS) is 11.7. The van der Waals surface area contributed by atoms with E-state index in [-0.39, 0.29) is 6.17 Å². The first-order chi connectivity index (χ1) is 9.74. The lowest BCUT2D eigenvalue weighted by molar-refractivity contribution is 0.660. The number of hydrogen-bond acceptors (Lipinski definition) is 5. The van der Waals surface area contributed by atoms with Crippen LogP contribution in [0.5, 0.6) is 0 Å². The van der Waals surface area contributed by atoms with Gasteiger partial charge in [0, 0.05) is 13.2 Å². The fraction of sp³-hybridized carbons (Fsp3) is 0.214. The summed E-state index contributed by atoms with van der Waals surface area (Å²) in [7, 11) is 3.64. The van der Waals surface area contributed by atoms with Crippen molar-refractivity contribution in [2.45, 2.75) is 6.17 Å². The highest BCUT2D eigenvalue weighted by atomic mass is 15.2. The van der Waals surface area contributed by atoms with Crippen molar-refractivity contribution < 1.29 is 0 Å². The summed E-state index contributed by atoms with van der Waals surface area (Å²) in [6, 6.07) is 11.8. The van der Waals surface area contributed by atoms with Crippen molar-refractivity contribution in [1.29, 1.82) is 5.41 Å². The summed E-state index contributed by atoms with van der Waals surface area (Å²) in [6.07, 6.45) is 2.80. The third-order valence-corrected chi connectivity index (χ3v) is 2.89. The predicted molar refractivity (Wildman–Crippen MR) is 81.1 cm³/mol. The first-order valence-electron chi connectivity index (χ1n) is 6.30. The Morgan fingerprint density at radius 3 is 2.65 bits per heavy atom. The second kappa shape index (κ2) is 6.63. The Hall–Kier alpha value is -2.47. The van der Waals surface area contributed by atoms with Crippen LogP contribution in [0, 0.1) is 5.41 Å². The topological polar surface area (TPSA) is 76.9 Å². The number of anilines is 2. The minimum Gasteiger partial charge on any atom is -0.335 e. The SMILES string of the molecule is CNC(Nc1nccc(N(C)C=N)n1)c1ccccc1. The van der Waals surface area contributed by atoms with Gasteiger partial charge in [0.1, 0.15) is 12.0 Å². The van der Waals surface area contributed by atoms with Crippen LogP contribution in [0.1, 0.15) is 11.7 Å². The largest absolute Gasteiger partial charge is 0.335 e. The molecule has 0 aliphatic carbocycles. The molecule has 0 aliphatic heterocycles. The summed E-state index contributed by atoms with van der Waals surface area (Å²) < 4.78 is 0. The highest BCUT2D eigenvalue weighted by Gasteiger charge is 2.10. The lowest BCUT2D eigenvalue weighted by atomic mass is 10.2. The number of aromatic nitrogens is 2. The molecule has 20 heavy (non-hydrogen) atoms. The van der Waals surface area contributed by atoms with Crippen molar-refractivity contribution in [2.24, 2.45) is 0 Å². The third kappa shape index (κ3) is 3.30. The number of nitrogens with one attached hydrogen (secondary N) is 3. The third-order valence-electron chi connectivity index (χ3n) is 2.89. The zero-order valence-corrected chi connectivity index (χ0v) is 11.5. The molecule has 2 aromatic rings. The minimum absolute atomic E-state index is 0.0725. The van der Waals surface area contributed by atoms with Crippen molar-refractivity contribution >= 4 is 18.1 Å². The molecule has 104 valence electrons. The van der Waals surface area contributed by atoms with Crippen LogP contribution in [0.2, 0.25) is 0 Å². The van der Waals surface area contributed by atoms with Crippen LogP contribution >= 0.6 is 0 Å². The van der Waals surface area contributed by atoms with Gasteiger partial charge < -0.3 is 10.2 Å². The van der Waals surface area contributed by atoms with Crippen molar-refractivity contribution in [3.63, 3.8) is 0 Å². The Kier molecular flexibility index (Phi) is 4.62. The van der Waals surface area contributed by atoms with E-state index in [9.17, 15) is 0 Å². The summed E-state index contributed by atoms with van der Waals surface area (Å²) >= 11 is 0. The first-order valence-corrected chi connectivity index (χ1v) is 6.30. The molecule has 0 spiro atoms. The number of benzene rings is 1. The van der Waals surface area contributed by atoms with E-state index in [0.29, 0.717) is 11.8 Å². The molecule has 0 fully saturated rings. The maximum Gasteiger partial charge on any atom is 0.226 e. The summed E-state index contributed by atoms with van der Waals surface area (Å²) in [5, 5.41) is 13.6. The summed E-state index contributed by atoms with van der Waals surface area (Å²) in [5.41, 5.74) is 1.10. The van der Waals surface area contributed by atoms with Gasteiger partial charge in [-0.25, -0.2) is 4.98 Å². The van der Waals surface area contributed by atoms with Gasteiger partial charge in [0.2, 0.25) is 5.95 Å². The van der Waals surface area contributed by atoms with Crippen LogP contribution in [-0.4, -0.2) is 30.4 Å². The molecule has 1 unspecified atom stereocenters. The Balaban J connectivity index is 2.18. The zero-order valence-electron chi connectivity index (χ0n) is 11.5. The van der Waals surface area contributed by atoms with Gasteiger partial charge in [-0.2, -0.15) is 4.98 Å². The minimum atomic E-state index is -0.0725. The molecule has 1 aromatic heterocycles. The molecule has 6 nitrogen and oxygen atoms in total. The fourth-order valence-electron chi connectivity index (χ4n) is 1.78. The maximum absolute atomic E-state index is 7.24. The van der Waals surface area contributed by atoms with Crippen molar-refractivity contribution in [1.82, 2.24) is 15.3 Å². The Morgan fingerprint density at radius 1 is 1.25 bits per heavy atom. The fourth-order valence-corrected chi connectivity index (χ4v) is 1.78. The molecule has 0 aliphatic rings. The molecule has 0 bridgehead atoms. The number of rotatable bonds is 6. The summed E-state index contributed by atoms with van der Waals surface area (Å²) in [5.74, 6) is 1.18. The van der Waals surface area contributed by atoms with Crippen LogP contribution in [0.3, 0.4) is 0 Å². The van der Waals surface area contributed by atoms with Crippen LogP contribution in [0.25, 0.3) is 0 Å². The molecule has 0 saturated carbocycles. The molecule has 3 N–H and O–H groups in total. The Bertz CT molecular complexity index is 557. The van der Waals surface area contributed by atoms with Gasteiger partial charge in [0.15, 0.2) is 0 Å². The van der Waals surface area contributed by atoms with E-state index in [1.165, 1.54) is 6.34 Å². The average Bonchev–Trinajstić information content (AvgIpc) is 2.53. The molecular formula is C14H18N6. The zero-order chi connectivity index (χ0) is 14.4. The quantitative estimate of drug-likeness (QED) is 0.424. The molecule has 1 atom stereocenters. The molecule has 0 amide bonds. The molecule has 0 saturated heterocycles. The van der Waals surface area contributed by atoms with Gasteiger partial charge in [-0.05, 0) is 18.7 Å². The van der Waals surface area contributed by atoms with E-state index in [1.807, 2.05) is 37.4 Å². The van der Waals surface area contributed by atoms with E-state index < -0.39 is 0 Å². The lowest BCUT2D eigenvalue weighted by Crippen LogP contribution is -2.26. The average molecular weight is 270 g/mol. The summed E-state index contributed by atoms with van der Waals surface area (Å²) in [6.45, 7) is 0. The van der Waals surface area contributed by atoms with Gasteiger partial charge in [-0.1, -0.05) is 30.3 Å². The van der Waals surface area contributed by atoms with E-state index in [2.05, 4.69) is 20.6 Å². The molecule has 2 rings (SSSR count). The van der Waals surface area contributed by atoms with Crippen LogP contribution in [0.4, 0.5) is 11.8 Å². The molecule has 0 radical (unpaired) electrons. The van der Waals surface area contributed by atoms with E-state index in [1.54, 1.807) is 24.2 Å². The van der Waals surface area contributed by atoms with Gasteiger partial charge in [-0.3, -0.25) is 10.7 Å².